The van der Waals surface area contributed by atoms with Crippen LogP contribution < -0.4 is 96.3 Å². The molecule has 260 valence electrons. The molecule has 0 spiro atoms. The van der Waals surface area contributed by atoms with E-state index in [0.29, 0.717) is 9.91 Å². The molecule has 0 unspecified atom stereocenters. The number of carbonyl (C=O) groups excluding carboxylic acids is 7. The summed E-state index contributed by atoms with van der Waals surface area (Å²) in [4.78, 5) is 88.9. The Morgan fingerprint density at radius 3 is 2.43 bits per heavy atom. The van der Waals surface area contributed by atoms with E-state index in [-0.39, 0.29) is 101 Å². The van der Waals surface area contributed by atoms with Crippen LogP contribution in [0.15, 0.2) is 39.9 Å². The van der Waals surface area contributed by atoms with E-state index < -0.39 is 72.0 Å². The number of carboxylic acid groups (broad SMARTS) is 2. The van der Waals surface area contributed by atoms with Gasteiger partial charge in [0.2, 0.25) is 5.91 Å². The molecule has 0 saturated carbocycles. The van der Waals surface area contributed by atoms with Crippen LogP contribution in [0.2, 0.25) is 0 Å². The van der Waals surface area contributed by atoms with Gasteiger partial charge < -0.3 is 46.2 Å². The summed E-state index contributed by atoms with van der Waals surface area (Å²) in [6.45, 7) is 1.38. The van der Waals surface area contributed by atoms with Crippen molar-refractivity contribution in [1.82, 2.24) is 35.9 Å². The normalized spacial score (nSPS) is 18.9. The summed E-state index contributed by atoms with van der Waals surface area (Å²) in [5, 5.41) is 40.7. The van der Waals surface area contributed by atoms with Crippen LogP contribution in [0.5, 0.6) is 0 Å². The zero-order chi connectivity index (χ0) is 35.4. The van der Waals surface area contributed by atoms with Gasteiger partial charge in [-0.2, -0.15) is 0 Å². The number of nitrogens with two attached hydrogens (primary N) is 1. The van der Waals surface area contributed by atoms with Crippen molar-refractivity contribution in [2.75, 3.05) is 36.5 Å². The number of aliphatic carboxylic acids is 2. The summed E-state index contributed by atoms with van der Waals surface area (Å²) in [5.41, 5.74) is 5.78. The smallest absolute Gasteiger partial charge is 0.548 e. The zero-order valence-corrected chi connectivity index (χ0v) is 33.8. The second-order valence-corrected chi connectivity index (χ2v) is 14.1. The van der Waals surface area contributed by atoms with Crippen LogP contribution in [0.25, 0.3) is 0 Å². The molecule has 2 saturated heterocycles. The third-order valence-electron chi connectivity index (χ3n) is 7.23. The number of hydrogen-bond donors (Lipinski definition) is 5. The minimum absolute atomic E-state index is 0. The van der Waals surface area contributed by atoms with E-state index in [4.69, 9.17) is 10.5 Å². The number of imide groups is 1. The van der Waals surface area contributed by atoms with Crippen LogP contribution in [0.3, 0.4) is 0 Å². The number of urea groups is 2. The average molecular weight is 780 g/mol. The number of amides is 7. The molecule has 1 aromatic carbocycles. The minimum atomic E-state index is -1.61. The van der Waals surface area contributed by atoms with Crippen LogP contribution in [-0.4, -0.2) is 111 Å². The fourth-order valence-corrected chi connectivity index (χ4v) is 8.12. The molecular weight excluding hydrogens is 753 g/mol. The second-order valence-electron chi connectivity index (χ2n) is 10.5. The summed E-state index contributed by atoms with van der Waals surface area (Å²) < 4.78 is 5.37. The second kappa shape index (κ2) is 18.7. The number of thioether (sulfide) groups is 2. The topological polar surface area (TPSA) is 281 Å². The van der Waals surface area contributed by atoms with Crippen molar-refractivity contribution in [3.05, 3.63) is 46.1 Å². The number of ether oxygens (including phenoxy) is 1. The Labute approximate surface area is 346 Å². The van der Waals surface area contributed by atoms with E-state index >= 15 is 0 Å². The van der Waals surface area contributed by atoms with Crippen molar-refractivity contribution in [2.45, 2.75) is 34.8 Å². The number of benzene rings is 1. The zero-order valence-electron chi connectivity index (χ0n) is 27.3. The van der Waals surface area contributed by atoms with Crippen molar-refractivity contribution in [2.24, 2.45) is 5.73 Å². The van der Waals surface area contributed by atoms with Crippen molar-refractivity contribution in [3.63, 3.8) is 0 Å². The van der Waals surface area contributed by atoms with Gasteiger partial charge in [-0.15, -0.1) is 22.0 Å². The SMILES string of the molecule is Cc1nnc(SCC2=C(C(=O)[O-])N3C(=O)[C@@H](NC(=O)[C@H](NC(=O)N4CCNC4=O)c4ccc(NC(=O)OC[C@@H](N)C(=O)[O-])cc4)[C@@H]3SC2)s1.[Na+].[Na+]. The molecule has 4 atom stereocenters. The first-order valence-corrected chi connectivity index (χ1v) is 17.2. The summed E-state index contributed by atoms with van der Waals surface area (Å²) in [6.07, 6.45) is -1.02. The molecule has 19 nitrogen and oxygen atoms in total. The average Bonchev–Trinajstić information content (AvgIpc) is 3.70. The summed E-state index contributed by atoms with van der Waals surface area (Å²) >= 11 is 3.87. The number of fused-ring (bicyclic) bond motifs is 1. The van der Waals surface area contributed by atoms with E-state index in [1.807, 2.05) is 0 Å². The van der Waals surface area contributed by atoms with Crippen LogP contribution >= 0.6 is 34.9 Å². The molecule has 7 amide bonds. The molecule has 1 aromatic heterocycles. The number of aromatic nitrogens is 2. The summed E-state index contributed by atoms with van der Waals surface area (Å²) in [6, 6.07) is -0.225. The molecular formula is C27H27N9Na2O10S3. The number of carbonyl (C=O) groups is 7. The molecule has 4 heterocycles. The fraction of sp³-hybridized carbons (Fsp3) is 0.370. The van der Waals surface area contributed by atoms with Gasteiger partial charge in [-0.3, -0.25) is 19.8 Å². The van der Waals surface area contributed by atoms with Crippen molar-refractivity contribution in [3.8, 4) is 0 Å². The van der Waals surface area contributed by atoms with Crippen LogP contribution in [0.1, 0.15) is 16.6 Å². The fourth-order valence-electron chi connectivity index (χ4n) is 4.82. The van der Waals surface area contributed by atoms with E-state index in [1.165, 1.54) is 59.1 Å². The maximum absolute atomic E-state index is 13.7. The standard InChI is InChI=1S/C27H29N9O10S3.2Na/c1-11-33-34-27(49-11)48-10-13-9-47-21-17(20(38)36(21)18(13)23(41)42)31-19(37)16(32-25(44)35-7-6-29-24(35)43)12-2-4-14(5-3-12)30-26(45)46-8-15(28)22(39)40;;/h2-5,15-17,21H,6-10,28H2,1H3,(H,29,43)(H,30,45)(H,31,37)(H,32,44)(H,39,40)(H,41,42);;/q;2*+1/p-2/t15-,16-,17-,21+;;/m1../s1. The van der Waals surface area contributed by atoms with Crippen LogP contribution in [-0.2, 0) is 23.9 Å². The number of anilines is 1. The van der Waals surface area contributed by atoms with Gasteiger partial charge in [0.05, 0.1) is 23.7 Å². The maximum Gasteiger partial charge on any atom is 1.00 e. The first-order chi connectivity index (χ1) is 23.3. The number of carboxylic acids is 2. The molecule has 2 aromatic rings. The van der Waals surface area contributed by atoms with Crippen molar-refractivity contribution in [1.29, 1.82) is 0 Å². The van der Waals surface area contributed by atoms with Crippen molar-refractivity contribution >= 4 is 82.5 Å². The van der Waals surface area contributed by atoms with Crippen LogP contribution in [0, 0.1) is 6.92 Å². The number of hydrogen-bond acceptors (Lipinski definition) is 16. The molecule has 3 aliphatic rings. The van der Waals surface area contributed by atoms with Gasteiger partial charge in [0.1, 0.15) is 29.1 Å². The third kappa shape index (κ3) is 10.1. The molecule has 24 heteroatoms. The molecule has 51 heavy (non-hydrogen) atoms. The summed E-state index contributed by atoms with van der Waals surface area (Å²) in [7, 11) is 0. The predicted octanol–water partition coefficient (Wildman–Crippen LogP) is -8.55. The van der Waals surface area contributed by atoms with Gasteiger partial charge in [0, 0.05) is 30.3 Å². The minimum Gasteiger partial charge on any atom is -0.548 e. The number of aryl methyl sites for hydroxylation is 1. The Kier molecular flexibility index (Phi) is 15.6. The molecule has 0 aliphatic carbocycles. The van der Waals surface area contributed by atoms with Gasteiger partial charge in [-0.1, -0.05) is 35.2 Å². The third-order valence-corrected chi connectivity index (χ3v) is 10.6. The van der Waals surface area contributed by atoms with Crippen molar-refractivity contribution < 1.29 is 108 Å². The molecule has 6 N–H and O–H groups in total. The van der Waals surface area contributed by atoms with E-state index in [2.05, 4.69) is 31.5 Å². The molecule has 0 bridgehead atoms. The van der Waals surface area contributed by atoms with E-state index in [0.717, 1.165) is 14.8 Å². The predicted molar refractivity (Wildman–Crippen MR) is 168 cm³/mol. The Bertz CT molecular complexity index is 1730. The van der Waals surface area contributed by atoms with Gasteiger partial charge in [-0.05, 0) is 30.2 Å². The Balaban J connectivity index is 0.00000351. The van der Waals surface area contributed by atoms with E-state index in [9.17, 15) is 43.8 Å². The van der Waals surface area contributed by atoms with E-state index in [1.54, 1.807) is 6.92 Å². The van der Waals surface area contributed by atoms with Gasteiger partial charge in [0.25, 0.3) is 5.91 Å². The molecule has 2 fully saturated rings. The Morgan fingerprint density at radius 1 is 1.14 bits per heavy atom. The molecule has 5 rings (SSSR count). The monoisotopic (exact) mass is 779 g/mol. The van der Waals surface area contributed by atoms with Crippen LogP contribution in [0.4, 0.5) is 20.1 Å². The number of nitrogens with one attached hydrogen (secondary N) is 4. The van der Waals surface area contributed by atoms with Gasteiger partial charge >= 0.3 is 77.3 Å². The first kappa shape index (κ1) is 42.5. The first-order valence-electron chi connectivity index (χ1n) is 14.3. The molecule has 0 radical (unpaired) electrons. The Morgan fingerprint density at radius 2 is 1.84 bits per heavy atom. The number of β-lactam (4-membered cyclic amide) rings is 1. The molecule has 3 aliphatic heterocycles. The largest absolute Gasteiger partial charge is 1.00 e. The quantitative estimate of drug-likeness (QED) is 0.0760. The van der Waals surface area contributed by atoms with Gasteiger partial charge in [-0.25, -0.2) is 19.3 Å². The number of rotatable bonds is 12. The summed E-state index contributed by atoms with van der Waals surface area (Å²) in [5.74, 6) is -4.22. The Hall–Kier alpha value is -2.93. The number of nitrogens with zero attached hydrogens (tertiary/aromatic N) is 4. The maximum atomic E-state index is 13.7. The van der Waals surface area contributed by atoms with Gasteiger partial charge in [0.15, 0.2) is 4.34 Å².